The van der Waals surface area contributed by atoms with E-state index in [4.69, 9.17) is 0 Å². The minimum Gasteiger partial charge on any atom is -0.506 e. The van der Waals surface area contributed by atoms with Crippen molar-refractivity contribution >= 4 is 17.6 Å². The van der Waals surface area contributed by atoms with Crippen LogP contribution in [-0.4, -0.2) is 22.9 Å². The number of fused-ring (bicyclic) bond motifs is 1. The summed E-state index contributed by atoms with van der Waals surface area (Å²) in [7, 11) is 0. The first-order valence-corrected chi connectivity index (χ1v) is 9.46. The lowest BCUT2D eigenvalue weighted by Gasteiger charge is -2.50. The van der Waals surface area contributed by atoms with Crippen molar-refractivity contribution in [3.05, 3.63) is 53.1 Å². The van der Waals surface area contributed by atoms with E-state index in [1.54, 1.807) is 6.07 Å². The summed E-state index contributed by atoms with van der Waals surface area (Å²) < 4.78 is 0. The first-order chi connectivity index (χ1) is 12.2. The lowest BCUT2D eigenvalue weighted by atomic mass is 9.78. The maximum absolute atomic E-state index is 9.92. The van der Waals surface area contributed by atoms with Crippen LogP contribution >= 0.6 is 0 Å². The molecule has 0 saturated carbocycles. The van der Waals surface area contributed by atoms with Crippen LogP contribution < -0.4 is 4.90 Å². The minimum atomic E-state index is 0.151. The number of para-hydroxylation sites is 2. The molecule has 0 saturated heterocycles. The normalized spacial score (nSPS) is 19.2. The number of aryl methyl sites for hydroxylation is 1. The highest BCUT2D eigenvalue weighted by Crippen LogP contribution is 2.45. The Morgan fingerprint density at radius 2 is 1.92 bits per heavy atom. The molecule has 3 heteroatoms. The lowest BCUT2D eigenvalue weighted by molar-refractivity contribution is 0.356. The average Bonchev–Trinajstić information content (AvgIpc) is 2.53. The van der Waals surface area contributed by atoms with Crippen molar-refractivity contribution in [2.45, 2.75) is 65.5 Å². The molecule has 138 valence electrons. The van der Waals surface area contributed by atoms with Crippen LogP contribution in [0.2, 0.25) is 0 Å². The van der Waals surface area contributed by atoms with E-state index < -0.39 is 0 Å². The van der Waals surface area contributed by atoms with E-state index in [0.717, 1.165) is 12.0 Å². The quantitative estimate of drug-likeness (QED) is 0.694. The fourth-order valence-corrected chi connectivity index (χ4v) is 4.44. The predicted octanol–water partition coefficient (Wildman–Crippen LogP) is 5.95. The number of hydrogen-bond acceptors (Lipinski definition) is 3. The predicted molar refractivity (Wildman–Crippen MR) is 111 cm³/mol. The molecule has 0 radical (unpaired) electrons. The summed E-state index contributed by atoms with van der Waals surface area (Å²) in [4.78, 5) is 7.06. The summed E-state index contributed by atoms with van der Waals surface area (Å²) in [5.41, 5.74) is 5.81. The summed E-state index contributed by atoms with van der Waals surface area (Å²) in [5, 5.41) is 9.92. The maximum Gasteiger partial charge on any atom is 0.141 e. The summed E-state index contributed by atoms with van der Waals surface area (Å²) in [6.45, 7) is 13.7. The summed E-state index contributed by atoms with van der Waals surface area (Å²) >= 11 is 0. The van der Waals surface area contributed by atoms with Crippen molar-refractivity contribution in [3.63, 3.8) is 0 Å². The van der Waals surface area contributed by atoms with Gasteiger partial charge in [-0.05, 0) is 87.9 Å². The molecule has 0 bridgehead atoms. The number of aliphatic imine (C=N–C) groups is 1. The molecule has 3 rings (SSSR count). The highest BCUT2D eigenvalue weighted by Gasteiger charge is 2.37. The number of nitrogens with zero attached hydrogens (tertiary/aromatic N) is 2. The standard InChI is InChI=1S/C23H30N2O/c1-15(2)25-21-11-16(3)18(12-19(21)17(4)13-23(25,5)6)14-24-20-9-7-8-10-22(20)26/h7-12,14-15,17,26H,13H2,1-6H3/t17-/m1/s1. The molecule has 2 aromatic carbocycles. The van der Waals surface area contributed by atoms with Crippen molar-refractivity contribution in [2.75, 3.05) is 4.90 Å². The molecular weight excluding hydrogens is 320 g/mol. The summed E-state index contributed by atoms with van der Waals surface area (Å²) in [6.07, 6.45) is 3.01. The van der Waals surface area contributed by atoms with Gasteiger partial charge in [-0.1, -0.05) is 19.1 Å². The Labute approximate surface area is 157 Å². The van der Waals surface area contributed by atoms with Crippen molar-refractivity contribution in [1.82, 2.24) is 0 Å². The van der Waals surface area contributed by atoms with Gasteiger partial charge in [0.15, 0.2) is 0 Å². The summed E-state index contributed by atoms with van der Waals surface area (Å²) in [5.74, 6) is 0.716. The Hall–Kier alpha value is -2.29. The second kappa shape index (κ2) is 6.79. The van der Waals surface area contributed by atoms with Gasteiger partial charge in [0.25, 0.3) is 0 Å². The van der Waals surface area contributed by atoms with E-state index in [-0.39, 0.29) is 11.3 Å². The van der Waals surface area contributed by atoms with Crippen molar-refractivity contribution in [1.29, 1.82) is 0 Å². The molecule has 2 aromatic rings. The lowest BCUT2D eigenvalue weighted by Crippen LogP contribution is -2.51. The molecule has 0 aromatic heterocycles. The monoisotopic (exact) mass is 350 g/mol. The van der Waals surface area contributed by atoms with Gasteiger partial charge in [-0.15, -0.1) is 0 Å². The number of phenols is 1. The molecule has 1 atom stereocenters. The molecule has 1 heterocycles. The van der Waals surface area contributed by atoms with Crippen LogP contribution in [0.1, 0.15) is 63.6 Å². The van der Waals surface area contributed by atoms with Crippen LogP contribution in [0.4, 0.5) is 11.4 Å². The van der Waals surface area contributed by atoms with Crippen LogP contribution in [0.3, 0.4) is 0 Å². The van der Waals surface area contributed by atoms with Gasteiger partial charge in [-0.3, -0.25) is 4.99 Å². The Morgan fingerprint density at radius 3 is 2.58 bits per heavy atom. The number of phenolic OH excluding ortho intramolecular Hbond substituents is 1. The molecule has 3 nitrogen and oxygen atoms in total. The number of aromatic hydroxyl groups is 1. The molecule has 0 amide bonds. The van der Waals surface area contributed by atoms with Crippen LogP contribution in [-0.2, 0) is 0 Å². The van der Waals surface area contributed by atoms with Crippen LogP contribution in [0, 0.1) is 6.92 Å². The van der Waals surface area contributed by atoms with E-state index in [0.29, 0.717) is 17.6 Å². The molecule has 0 spiro atoms. The van der Waals surface area contributed by atoms with Gasteiger partial charge in [-0.2, -0.15) is 0 Å². The molecule has 1 N–H and O–H groups in total. The van der Waals surface area contributed by atoms with Crippen LogP contribution in [0.25, 0.3) is 0 Å². The smallest absolute Gasteiger partial charge is 0.141 e. The van der Waals surface area contributed by atoms with Crippen LogP contribution in [0.5, 0.6) is 5.75 Å². The Morgan fingerprint density at radius 1 is 1.23 bits per heavy atom. The van der Waals surface area contributed by atoms with Crippen molar-refractivity contribution in [3.8, 4) is 5.75 Å². The van der Waals surface area contributed by atoms with E-state index in [1.165, 1.54) is 16.8 Å². The molecule has 1 aliphatic heterocycles. The van der Waals surface area contributed by atoms with E-state index in [9.17, 15) is 5.11 Å². The maximum atomic E-state index is 9.92. The zero-order chi connectivity index (χ0) is 19.1. The van der Waals surface area contributed by atoms with Gasteiger partial charge in [0.1, 0.15) is 11.4 Å². The third-order valence-electron chi connectivity index (χ3n) is 5.40. The van der Waals surface area contributed by atoms with Gasteiger partial charge in [-0.25, -0.2) is 0 Å². The molecule has 0 unspecified atom stereocenters. The Balaban J connectivity index is 2.05. The Bertz CT molecular complexity index is 836. The number of hydrogen-bond donors (Lipinski definition) is 1. The fourth-order valence-electron chi connectivity index (χ4n) is 4.44. The highest BCUT2D eigenvalue weighted by atomic mass is 16.3. The van der Waals surface area contributed by atoms with Crippen LogP contribution in [0.15, 0.2) is 41.4 Å². The molecule has 1 aliphatic rings. The van der Waals surface area contributed by atoms with E-state index in [1.807, 2.05) is 24.4 Å². The second-order valence-electron chi connectivity index (χ2n) is 8.40. The molecule has 0 fully saturated rings. The van der Waals surface area contributed by atoms with Gasteiger partial charge in [0.05, 0.1) is 0 Å². The minimum absolute atomic E-state index is 0.151. The topological polar surface area (TPSA) is 35.8 Å². The summed E-state index contributed by atoms with van der Waals surface area (Å²) in [6, 6.07) is 12.2. The van der Waals surface area contributed by atoms with Gasteiger partial charge in [0, 0.05) is 23.5 Å². The average molecular weight is 351 g/mol. The number of rotatable bonds is 3. The fraction of sp³-hybridized carbons (Fsp3) is 0.435. The second-order valence-corrected chi connectivity index (χ2v) is 8.40. The van der Waals surface area contributed by atoms with Crippen molar-refractivity contribution in [2.24, 2.45) is 4.99 Å². The number of benzene rings is 2. The van der Waals surface area contributed by atoms with Gasteiger partial charge < -0.3 is 10.0 Å². The zero-order valence-electron chi connectivity index (χ0n) is 16.7. The third-order valence-corrected chi connectivity index (χ3v) is 5.40. The number of anilines is 1. The van der Waals surface area contributed by atoms with Gasteiger partial charge in [0.2, 0.25) is 0 Å². The highest BCUT2D eigenvalue weighted by molar-refractivity contribution is 5.86. The third kappa shape index (κ3) is 3.35. The first-order valence-electron chi connectivity index (χ1n) is 9.46. The molecular formula is C23H30N2O. The van der Waals surface area contributed by atoms with E-state index >= 15 is 0 Å². The first kappa shape index (κ1) is 18.5. The molecule has 26 heavy (non-hydrogen) atoms. The van der Waals surface area contributed by atoms with Gasteiger partial charge >= 0.3 is 0 Å². The Kier molecular flexibility index (Phi) is 4.83. The largest absolute Gasteiger partial charge is 0.506 e. The zero-order valence-corrected chi connectivity index (χ0v) is 16.7. The SMILES string of the molecule is Cc1cc2c(cc1C=Nc1ccccc1O)[C@H](C)CC(C)(C)N2C(C)C. The van der Waals surface area contributed by atoms with Crippen molar-refractivity contribution < 1.29 is 5.11 Å². The molecule has 0 aliphatic carbocycles. The van der Waals surface area contributed by atoms with E-state index in [2.05, 4.69) is 63.6 Å².